The van der Waals surface area contributed by atoms with Crippen molar-refractivity contribution in [3.05, 3.63) is 188 Å². The van der Waals surface area contributed by atoms with Crippen LogP contribution in [-0.4, -0.2) is 15.0 Å². The van der Waals surface area contributed by atoms with Crippen molar-refractivity contribution in [3.8, 4) is 56.4 Å². The standard InChI is InChI=1S/C49H31N3/c1-3-14-35(15-4-1)47-50-48(36-16-5-2-6-17-36)52-49(51-47)44-30-27-33-13-7-8-18-38(33)46(44)34-25-23-32(24-26-34)37-28-29-43-41-21-10-9-19-39(41)40-20-11-12-22-42(40)45(43)31-37/h1-31H. The van der Waals surface area contributed by atoms with Gasteiger partial charge in [-0.1, -0.05) is 176 Å². The summed E-state index contributed by atoms with van der Waals surface area (Å²) in [4.78, 5) is 15.2. The summed E-state index contributed by atoms with van der Waals surface area (Å²) < 4.78 is 0. The second kappa shape index (κ2) is 12.4. The minimum Gasteiger partial charge on any atom is -0.208 e. The van der Waals surface area contributed by atoms with Crippen molar-refractivity contribution >= 4 is 43.1 Å². The van der Waals surface area contributed by atoms with Crippen molar-refractivity contribution < 1.29 is 0 Å². The van der Waals surface area contributed by atoms with E-state index in [0.717, 1.165) is 33.2 Å². The highest BCUT2D eigenvalue weighted by atomic mass is 15.0. The van der Waals surface area contributed by atoms with Crippen LogP contribution in [0.15, 0.2) is 188 Å². The quantitative estimate of drug-likeness (QED) is 0.172. The maximum atomic E-state index is 5.11. The van der Waals surface area contributed by atoms with Gasteiger partial charge in [0.1, 0.15) is 0 Å². The van der Waals surface area contributed by atoms with E-state index < -0.39 is 0 Å². The Labute approximate surface area is 301 Å². The van der Waals surface area contributed by atoms with E-state index >= 15 is 0 Å². The molecule has 10 aromatic rings. The van der Waals surface area contributed by atoms with Gasteiger partial charge in [-0.05, 0) is 71.9 Å². The third-order valence-electron chi connectivity index (χ3n) is 10.1. The Morgan fingerprint density at radius 3 is 1.29 bits per heavy atom. The maximum absolute atomic E-state index is 5.11. The fraction of sp³-hybridized carbons (Fsp3) is 0. The smallest absolute Gasteiger partial charge is 0.164 e. The molecule has 1 heterocycles. The Kier molecular flexibility index (Phi) is 7.14. The van der Waals surface area contributed by atoms with Gasteiger partial charge in [0.25, 0.3) is 0 Å². The SMILES string of the molecule is c1ccc(-c2nc(-c3ccccc3)nc(-c3ccc4ccccc4c3-c3ccc(-c4ccc5c6ccccc6c6ccccc6c5c4)cc3)n2)cc1. The predicted molar refractivity (Wildman–Crippen MR) is 217 cm³/mol. The largest absolute Gasteiger partial charge is 0.208 e. The van der Waals surface area contributed by atoms with E-state index in [0.29, 0.717) is 17.5 Å². The lowest BCUT2D eigenvalue weighted by Crippen LogP contribution is -2.01. The molecule has 0 aliphatic carbocycles. The lowest BCUT2D eigenvalue weighted by Gasteiger charge is -2.15. The van der Waals surface area contributed by atoms with E-state index in [9.17, 15) is 0 Å². The van der Waals surface area contributed by atoms with E-state index in [1.807, 2.05) is 60.7 Å². The summed E-state index contributed by atoms with van der Waals surface area (Å²) in [6, 6.07) is 66.5. The van der Waals surface area contributed by atoms with Gasteiger partial charge in [-0.2, -0.15) is 0 Å². The molecule has 0 unspecified atom stereocenters. The molecule has 242 valence electrons. The van der Waals surface area contributed by atoms with Crippen LogP contribution in [0.4, 0.5) is 0 Å². The molecule has 0 bridgehead atoms. The predicted octanol–water partition coefficient (Wildman–Crippen LogP) is 12.8. The van der Waals surface area contributed by atoms with Crippen LogP contribution in [0.25, 0.3) is 99.5 Å². The molecule has 0 fully saturated rings. The van der Waals surface area contributed by atoms with Gasteiger partial charge in [-0.15, -0.1) is 0 Å². The molecule has 0 spiro atoms. The molecular formula is C49H31N3. The molecule has 9 aromatic carbocycles. The zero-order chi connectivity index (χ0) is 34.4. The molecule has 0 aliphatic rings. The van der Waals surface area contributed by atoms with Crippen molar-refractivity contribution in [1.29, 1.82) is 0 Å². The van der Waals surface area contributed by atoms with Crippen LogP contribution in [0.3, 0.4) is 0 Å². The fourth-order valence-corrected chi connectivity index (χ4v) is 7.61. The molecule has 1 aromatic heterocycles. The zero-order valence-corrected chi connectivity index (χ0v) is 28.2. The summed E-state index contributed by atoms with van der Waals surface area (Å²) in [6.07, 6.45) is 0. The molecular weight excluding hydrogens is 631 g/mol. The van der Waals surface area contributed by atoms with Crippen LogP contribution in [0.2, 0.25) is 0 Å². The molecule has 0 saturated carbocycles. The summed E-state index contributed by atoms with van der Waals surface area (Å²) in [7, 11) is 0. The van der Waals surface area contributed by atoms with Crippen LogP contribution >= 0.6 is 0 Å². The molecule has 0 N–H and O–H groups in total. The Morgan fingerprint density at radius 2 is 0.692 bits per heavy atom. The first-order valence-electron chi connectivity index (χ1n) is 17.6. The monoisotopic (exact) mass is 661 g/mol. The average molecular weight is 662 g/mol. The maximum Gasteiger partial charge on any atom is 0.164 e. The first-order valence-corrected chi connectivity index (χ1v) is 17.6. The Bertz CT molecular complexity index is 2840. The summed E-state index contributed by atoms with van der Waals surface area (Å²) in [5, 5.41) is 9.99. The number of benzene rings is 9. The average Bonchev–Trinajstić information content (AvgIpc) is 3.24. The number of hydrogen-bond acceptors (Lipinski definition) is 3. The molecule has 0 amide bonds. The van der Waals surface area contributed by atoms with Gasteiger partial charge in [0.05, 0.1) is 0 Å². The summed E-state index contributed by atoms with van der Waals surface area (Å²) in [5.74, 6) is 1.94. The molecule has 0 atom stereocenters. The van der Waals surface area contributed by atoms with E-state index in [1.54, 1.807) is 0 Å². The van der Waals surface area contributed by atoms with Crippen LogP contribution < -0.4 is 0 Å². The van der Waals surface area contributed by atoms with Gasteiger partial charge in [0, 0.05) is 22.3 Å². The van der Waals surface area contributed by atoms with Crippen molar-refractivity contribution in [3.63, 3.8) is 0 Å². The molecule has 0 saturated heterocycles. The lowest BCUT2D eigenvalue weighted by molar-refractivity contribution is 1.07. The van der Waals surface area contributed by atoms with Gasteiger partial charge in [0.15, 0.2) is 17.5 Å². The highest BCUT2D eigenvalue weighted by molar-refractivity contribution is 6.25. The van der Waals surface area contributed by atoms with Gasteiger partial charge < -0.3 is 0 Å². The highest BCUT2D eigenvalue weighted by Gasteiger charge is 2.18. The first-order chi connectivity index (χ1) is 25.8. The van der Waals surface area contributed by atoms with Crippen LogP contribution in [0.5, 0.6) is 0 Å². The van der Waals surface area contributed by atoms with Gasteiger partial charge in [-0.3, -0.25) is 0 Å². The summed E-state index contributed by atoms with van der Waals surface area (Å²) >= 11 is 0. The van der Waals surface area contributed by atoms with E-state index in [2.05, 4.69) is 127 Å². The van der Waals surface area contributed by atoms with Gasteiger partial charge in [0.2, 0.25) is 0 Å². The van der Waals surface area contributed by atoms with E-state index in [4.69, 9.17) is 15.0 Å². The normalized spacial score (nSPS) is 11.5. The number of nitrogens with zero attached hydrogens (tertiary/aromatic N) is 3. The fourth-order valence-electron chi connectivity index (χ4n) is 7.61. The second-order valence-electron chi connectivity index (χ2n) is 13.2. The van der Waals surface area contributed by atoms with Crippen molar-refractivity contribution in [2.24, 2.45) is 0 Å². The number of fused-ring (bicyclic) bond motifs is 7. The summed E-state index contributed by atoms with van der Waals surface area (Å²) in [6.45, 7) is 0. The van der Waals surface area contributed by atoms with Gasteiger partial charge >= 0.3 is 0 Å². The molecule has 3 heteroatoms. The number of aromatic nitrogens is 3. The number of hydrogen-bond donors (Lipinski definition) is 0. The minimum absolute atomic E-state index is 0.645. The Balaban J connectivity index is 1.14. The topological polar surface area (TPSA) is 38.7 Å². The van der Waals surface area contributed by atoms with Crippen molar-refractivity contribution in [1.82, 2.24) is 15.0 Å². The Morgan fingerprint density at radius 1 is 0.250 bits per heavy atom. The van der Waals surface area contributed by atoms with Crippen LogP contribution in [0, 0.1) is 0 Å². The van der Waals surface area contributed by atoms with Crippen LogP contribution in [0.1, 0.15) is 0 Å². The Hall–Kier alpha value is -6.97. The third-order valence-corrected chi connectivity index (χ3v) is 10.1. The van der Waals surface area contributed by atoms with Gasteiger partial charge in [-0.25, -0.2) is 15.0 Å². The summed E-state index contributed by atoms with van der Waals surface area (Å²) in [5.41, 5.74) is 7.43. The lowest BCUT2D eigenvalue weighted by atomic mass is 9.90. The van der Waals surface area contributed by atoms with Crippen molar-refractivity contribution in [2.45, 2.75) is 0 Å². The molecule has 52 heavy (non-hydrogen) atoms. The highest BCUT2D eigenvalue weighted by Crippen LogP contribution is 2.40. The third kappa shape index (κ3) is 5.10. The number of rotatable bonds is 5. The van der Waals surface area contributed by atoms with E-state index in [1.165, 1.54) is 48.8 Å². The molecule has 0 radical (unpaired) electrons. The van der Waals surface area contributed by atoms with E-state index in [-0.39, 0.29) is 0 Å². The van der Waals surface area contributed by atoms with Crippen LogP contribution in [-0.2, 0) is 0 Å². The molecule has 3 nitrogen and oxygen atoms in total. The molecule has 10 rings (SSSR count). The minimum atomic E-state index is 0.645. The second-order valence-corrected chi connectivity index (χ2v) is 13.2. The first kappa shape index (κ1) is 29.9. The zero-order valence-electron chi connectivity index (χ0n) is 28.2. The van der Waals surface area contributed by atoms with Crippen molar-refractivity contribution in [2.75, 3.05) is 0 Å². The molecule has 0 aliphatic heterocycles.